The van der Waals surface area contributed by atoms with Gasteiger partial charge in [0.2, 0.25) is 3.79 Å². The third-order valence-corrected chi connectivity index (χ3v) is 2.16. The molecule has 0 atom stereocenters. The van der Waals surface area contributed by atoms with E-state index < -0.39 is 14.5 Å². The Morgan fingerprint density at radius 1 is 1.24 bits per heavy atom. The number of rotatable bonds is 3. The number of hydrogen-bond acceptors (Lipinski definition) is 3. The summed E-state index contributed by atoms with van der Waals surface area (Å²) < 4.78 is -1.64. The molecule has 0 radical (unpaired) electrons. The number of benzene rings is 1. The summed E-state index contributed by atoms with van der Waals surface area (Å²) in [5.41, 5.74) is 0.188. The van der Waals surface area contributed by atoms with Crippen molar-refractivity contribution in [2.24, 2.45) is 0 Å². The molecular formula is C10H6Cl3NO3. The molecule has 0 heterocycles. The van der Waals surface area contributed by atoms with Gasteiger partial charge in [0, 0.05) is 17.7 Å². The summed E-state index contributed by atoms with van der Waals surface area (Å²) >= 11 is 16.3. The van der Waals surface area contributed by atoms with E-state index in [-0.39, 0.29) is 11.3 Å². The molecule has 7 heteroatoms. The van der Waals surface area contributed by atoms with Crippen LogP contribution in [0.5, 0.6) is 0 Å². The quantitative estimate of drug-likeness (QED) is 0.281. The van der Waals surface area contributed by atoms with Crippen LogP contribution in [-0.4, -0.2) is 14.5 Å². The average Bonchev–Trinajstić information content (AvgIpc) is 2.25. The Kier molecular flexibility index (Phi) is 4.51. The lowest BCUT2D eigenvalue weighted by molar-refractivity contribution is -0.384. The normalized spacial score (nSPS) is 11.7. The molecule has 0 fully saturated rings. The van der Waals surface area contributed by atoms with E-state index in [0.717, 1.165) is 12.2 Å². The lowest BCUT2D eigenvalue weighted by Gasteiger charge is -2.01. The van der Waals surface area contributed by atoms with E-state index in [1.54, 1.807) is 0 Å². The molecular weight excluding hydrogens is 288 g/mol. The van der Waals surface area contributed by atoms with Crippen molar-refractivity contribution in [3.63, 3.8) is 0 Å². The lowest BCUT2D eigenvalue weighted by Crippen LogP contribution is -2.00. The predicted octanol–water partition coefficient (Wildman–Crippen LogP) is 3.70. The molecule has 0 saturated heterocycles. The van der Waals surface area contributed by atoms with Crippen LogP contribution in [-0.2, 0) is 0 Å². The Labute approximate surface area is 112 Å². The van der Waals surface area contributed by atoms with E-state index in [9.17, 15) is 14.9 Å². The van der Waals surface area contributed by atoms with Crippen molar-refractivity contribution >= 4 is 46.3 Å². The molecule has 0 amide bonds. The van der Waals surface area contributed by atoms with Crippen LogP contribution < -0.4 is 0 Å². The van der Waals surface area contributed by atoms with Gasteiger partial charge >= 0.3 is 0 Å². The topological polar surface area (TPSA) is 60.2 Å². The number of ketones is 1. The number of carbonyl (C=O) groups is 1. The molecule has 17 heavy (non-hydrogen) atoms. The largest absolute Gasteiger partial charge is 0.289 e. The molecule has 1 aromatic carbocycles. The van der Waals surface area contributed by atoms with E-state index in [4.69, 9.17) is 34.8 Å². The van der Waals surface area contributed by atoms with Crippen LogP contribution >= 0.6 is 34.8 Å². The molecule has 0 aliphatic carbocycles. The summed E-state index contributed by atoms with van der Waals surface area (Å²) in [7, 11) is 0. The van der Waals surface area contributed by atoms with Crippen molar-refractivity contribution in [3.05, 3.63) is 52.1 Å². The van der Waals surface area contributed by atoms with Crippen LogP contribution in [0.2, 0.25) is 0 Å². The molecule has 0 N–H and O–H groups in total. The van der Waals surface area contributed by atoms with Gasteiger partial charge in [0.15, 0.2) is 5.78 Å². The van der Waals surface area contributed by atoms with Gasteiger partial charge in [-0.1, -0.05) is 34.8 Å². The average molecular weight is 295 g/mol. The number of nitro groups is 1. The number of carbonyl (C=O) groups excluding carboxylic acids is 1. The number of hydrogen-bond donors (Lipinski definition) is 0. The Bertz CT molecular complexity index is 463. The molecule has 90 valence electrons. The van der Waals surface area contributed by atoms with Gasteiger partial charge in [0.1, 0.15) is 0 Å². The molecule has 0 bridgehead atoms. The first-order valence-electron chi connectivity index (χ1n) is 4.34. The van der Waals surface area contributed by atoms with Gasteiger partial charge in [0.25, 0.3) is 5.69 Å². The summed E-state index contributed by atoms with van der Waals surface area (Å²) in [5.74, 6) is -0.397. The first-order chi connectivity index (χ1) is 7.79. The van der Waals surface area contributed by atoms with Crippen LogP contribution in [0.3, 0.4) is 0 Å². The molecule has 0 saturated carbocycles. The van der Waals surface area contributed by atoms with Crippen LogP contribution in [0.4, 0.5) is 5.69 Å². The minimum Gasteiger partial charge on any atom is -0.289 e. The molecule has 1 aromatic rings. The molecule has 0 unspecified atom stereocenters. The molecule has 4 nitrogen and oxygen atoms in total. The second-order valence-electron chi connectivity index (χ2n) is 3.04. The zero-order valence-electron chi connectivity index (χ0n) is 8.27. The number of non-ortho nitro benzene ring substituents is 1. The van der Waals surface area contributed by atoms with Crippen LogP contribution in [0, 0.1) is 10.1 Å². The molecule has 1 rings (SSSR count). The summed E-state index contributed by atoms with van der Waals surface area (Å²) in [5, 5.41) is 10.4. The van der Waals surface area contributed by atoms with Gasteiger partial charge < -0.3 is 0 Å². The third-order valence-electron chi connectivity index (χ3n) is 1.79. The highest BCUT2D eigenvalue weighted by Gasteiger charge is 2.15. The van der Waals surface area contributed by atoms with Gasteiger partial charge in [-0.2, -0.15) is 0 Å². The number of nitrogens with zero attached hydrogens (tertiary/aromatic N) is 1. The number of halogens is 3. The Hall–Kier alpha value is -1.10. The predicted molar refractivity (Wildman–Crippen MR) is 66.9 cm³/mol. The van der Waals surface area contributed by atoms with Crippen LogP contribution in [0.25, 0.3) is 0 Å². The first kappa shape index (κ1) is 14.0. The molecule has 0 spiro atoms. The maximum Gasteiger partial charge on any atom is 0.269 e. The number of nitro benzene ring substituents is 1. The highest BCUT2D eigenvalue weighted by atomic mass is 35.6. The Balaban J connectivity index is 2.84. The monoisotopic (exact) mass is 293 g/mol. The minimum atomic E-state index is -1.64. The SMILES string of the molecule is O=C(/C=C/C(Cl)(Cl)Cl)c1ccc([N+](=O)[O-])cc1. The fourth-order valence-electron chi connectivity index (χ4n) is 1.01. The highest BCUT2D eigenvalue weighted by Crippen LogP contribution is 2.27. The van der Waals surface area contributed by atoms with Crippen molar-refractivity contribution in [1.82, 2.24) is 0 Å². The van der Waals surface area contributed by atoms with Gasteiger partial charge in [0.05, 0.1) is 4.92 Å². The van der Waals surface area contributed by atoms with Crippen LogP contribution in [0.1, 0.15) is 10.4 Å². The summed E-state index contributed by atoms with van der Waals surface area (Å²) in [6.07, 6.45) is 2.22. The Morgan fingerprint density at radius 2 is 1.76 bits per heavy atom. The van der Waals surface area contributed by atoms with E-state index in [1.165, 1.54) is 24.3 Å². The summed E-state index contributed by atoms with van der Waals surface area (Å²) in [6.45, 7) is 0. The van der Waals surface area contributed by atoms with E-state index in [1.807, 2.05) is 0 Å². The fourth-order valence-corrected chi connectivity index (χ4v) is 1.20. The van der Waals surface area contributed by atoms with Crippen molar-refractivity contribution in [3.8, 4) is 0 Å². The lowest BCUT2D eigenvalue weighted by atomic mass is 10.1. The van der Waals surface area contributed by atoms with Crippen molar-refractivity contribution in [2.45, 2.75) is 3.79 Å². The van der Waals surface area contributed by atoms with Gasteiger partial charge in [-0.25, -0.2) is 0 Å². The zero-order valence-corrected chi connectivity index (χ0v) is 10.5. The Morgan fingerprint density at radius 3 is 2.18 bits per heavy atom. The molecule has 0 aliphatic heterocycles. The standard InChI is InChI=1S/C10H6Cl3NO3/c11-10(12,13)6-5-9(15)7-1-3-8(4-2-7)14(16)17/h1-6H/b6-5+. The molecule has 0 aliphatic rings. The third kappa shape index (κ3) is 4.73. The van der Waals surface area contributed by atoms with E-state index in [0.29, 0.717) is 0 Å². The van der Waals surface area contributed by atoms with Crippen molar-refractivity contribution in [1.29, 1.82) is 0 Å². The van der Waals surface area contributed by atoms with Crippen LogP contribution in [0.15, 0.2) is 36.4 Å². The van der Waals surface area contributed by atoms with Gasteiger partial charge in [-0.05, 0) is 24.3 Å². The molecule has 0 aromatic heterocycles. The fraction of sp³-hybridized carbons (Fsp3) is 0.100. The second kappa shape index (κ2) is 5.49. The maximum absolute atomic E-state index is 11.5. The zero-order chi connectivity index (χ0) is 13.1. The summed E-state index contributed by atoms with van der Waals surface area (Å²) in [6, 6.07) is 5.14. The van der Waals surface area contributed by atoms with Crippen molar-refractivity contribution in [2.75, 3.05) is 0 Å². The second-order valence-corrected chi connectivity index (χ2v) is 5.41. The van der Waals surface area contributed by atoms with Gasteiger partial charge in [-0.3, -0.25) is 14.9 Å². The first-order valence-corrected chi connectivity index (χ1v) is 5.48. The number of allylic oxidation sites excluding steroid dienone is 2. The number of alkyl halides is 3. The van der Waals surface area contributed by atoms with E-state index >= 15 is 0 Å². The van der Waals surface area contributed by atoms with Crippen molar-refractivity contribution < 1.29 is 9.72 Å². The summed E-state index contributed by atoms with van der Waals surface area (Å²) in [4.78, 5) is 21.4. The maximum atomic E-state index is 11.5. The smallest absolute Gasteiger partial charge is 0.269 e. The minimum absolute atomic E-state index is 0.0908. The van der Waals surface area contributed by atoms with Gasteiger partial charge in [-0.15, -0.1) is 0 Å². The van der Waals surface area contributed by atoms with E-state index in [2.05, 4.69) is 0 Å². The highest BCUT2D eigenvalue weighted by molar-refractivity contribution is 6.69.